The summed E-state index contributed by atoms with van der Waals surface area (Å²) >= 11 is 0. The number of nitrogens with one attached hydrogen (secondary N) is 1. The van der Waals surface area contributed by atoms with Crippen molar-refractivity contribution in [1.29, 1.82) is 0 Å². The minimum Gasteiger partial charge on any atom is -0.314 e. The van der Waals surface area contributed by atoms with Crippen molar-refractivity contribution in [3.63, 3.8) is 0 Å². The van der Waals surface area contributed by atoms with E-state index in [4.69, 9.17) is 0 Å². The first-order valence-electron chi connectivity index (χ1n) is 6.41. The average molecular weight is 196 g/mol. The van der Waals surface area contributed by atoms with E-state index in [9.17, 15) is 0 Å². The highest BCUT2D eigenvalue weighted by Crippen LogP contribution is 2.17. The molecule has 1 heterocycles. The van der Waals surface area contributed by atoms with Gasteiger partial charge in [0.05, 0.1) is 0 Å². The smallest absolute Gasteiger partial charge is 0.00670 e. The lowest BCUT2D eigenvalue weighted by molar-refractivity contribution is 0.313. The van der Waals surface area contributed by atoms with Crippen molar-refractivity contribution in [2.45, 2.75) is 51.0 Å². The van der Waals surface area contributed by atoms with Crippen LogP contribution in [0.25, 0.3) is 0 Å². The lowest BCUT2D eigenvalue weighted by Crippen LogP contribution is -2.35. The highest BCUT2D eigenvalue weighted by molar-refractivity contribution is 4.76. The van der Waals surface area contributed by atoms with Crippen molar-refractivity contribution in [3.8, 4) is 0 Å². The second kappa shape index (κ2) is 5.72. The number of hydrogen-bond acceptors (Lipinski definition) is 2. The summed E-state index contributed by atoms with van der Waals surface area (Å²) in [5.41, 5.74) is 0. The van der Waals surface area contributed by atoms with Crippen LogP contribution in [0.4, 0.5) is 0 Å². The van der Waals surface area contributed by atoms with Gasteiger partial charge in [0.25, 0.3) is 0 Å². The Bertz CT molecular complexity index is 148. The maximum Gasteiger partial charge on any atom is 0.00670 e. The second-order valence-corrected chi connectivity index (χ2v) is 4.84. The zero-order chi connectivity index (χ0) is 9.64. The molecule has 14 heavy (non-hydrogen) atoms. The summed E-state index contributed by atoms with van der Waals surface area (Å²) in [6, 6.07) is 0.877. The van der Waals surface area contributed by atoms with Gasteiger partial charge in [0.15, 0.2) is 0 Å². The van der Waals surface area contributed by atoms with Crippen molar-refractivity contribution in [2.75, 3.05) is 26.2 Å². The lowest BCUT2D eigenvalue weighted by Gasteiger charge is -2.26. The van der Waals surface area contributed by atoms with Gasteiger partial charge in [-0.15, -0.1) is 0 Å². The zero-order valence-corrected chi connectivity index (χ0v) is 9.30. The van der Waals surface area contributed by atoms with Gasteiger partial charge in [-0.3, -0.25) is 0 Å². The van der Waals surface area contributed by atoms with Gasteiger partial charge < -0.3 is 10.2 Å². The third kappa shape index (κ3) is 3.25. The number of hydrogen-bond donors (Lipinski definition) is 1. The molecule has 0 amide bonds. The molecule has 0 atom stereocenters. The summed E-state index contributed by atoms with van der Waals surface area (Å²) in [7, 11) is 0. The maximum absolute atomic E-state index is 3.63. The molecule has 2 aliphatic rings. The predicted octanol–water partition coefficient (Wildman–Crippen LogP) is 2.00. The van der Waals surface area contributed by atoms with Gasteiger partial charge in [0.2, 0.25) is 0 Å². The van der Waals surface area contributed by atoms with Crippen LogP contribution in [0.3, 0.4) is 0 Å². The molecule has 0 spiro atoms. The van der Waals surface area contributed by atoms with Crippen LogP contribution in [0.1, 0.15) is 44.9 Å². The molecule has 0 aromatic carbocycles. The fourth-order valence-electron chi connectivity index (χ4n) is 2.39. The highest BCUT2D eigenvalue weighted by Gasteiger charge is 2.15. The molecule has 1 saturated heterocycles. The van der Waals surface area contributed by atoms with Crippen LogP contribution in [-0.4, -0.2) is 37.1 Å². The topological polar surface area (TPSA) is 15.3 Å². The first kappa shape index (κ1) is 10.4. The molecule has 0 aromatic rings. The molecule has 82 valence electrons. The molecular weight excluding hydrogens is 172 g/mol. The fourth-order valence-corrected chi connectivity index (χ4v) is 2.39. The molecule has 1 saturated carbocycles. The van der Waals surface area contributed by atoms with Crippen molar-refractivity contribution >= 4 is 0 Å². The van der Waals surface area contributed by atoms with Crippen LogP contribution in [0, 0.1) is 0 Å². The molecule has 2 heteroatoms. The quantitative estimate of drug-likeness (QED) is 0.654. The molecule has 1 aliphatic carbocycles. The number of unbranched alkanes of at least 4 members (excludes halogenated alkanes) is 1. The summed E-state index contributed by atoms with van der Waals surface area (Å²) in [4.78, 5) is 2.61. The van der Waals surface area contributed by atoms with Gasteiger partial charge in [0.1, 0.15) is 0 Å². The van der Waals surface area contributed by atoms with Crippen LogP contribution >= 0.6 is 0 Å². The van der Waals surface area contributed by atoms with Crippen LogP contribution in [-0.2, 0) is 0 Å². The van der Waals surface area contributed by atoms with E-state index in [1.165, 1.54) is 71.1 Å². The van der Waals surface area contributed by atoms with E-state index in [0.717, 1.165) is 6.04 Å². The van der Waals surface area contributed by atoms with E-state index in [1.54, 1.807) is 0 Å². The monoisotopic (exact) mass is 196 g/mol. The van der Waals surface area contributed by atoms with Crippen LogP contribution < -0.4 is 5.32 Å². The SMILES string of the molecule is C(CCN1CCCC1)CNC1CCC1. The first-order valence-corrected chi connectivity index (χ1v) is 6.41. The molecule has 2 rings (SSSR count). The standard InChI is InChI=1S/C12H24N2/c1(8-13-12-6-5-7-12)2-9-14-10-3-4-11-14/h12-13H,1-11H2. The van der Waals surface area contributed by atoms with E-state index in [0.29, 0.717) is 0 Å². The van der Waals surface area contributed by atoms with Gasteiger partial charge in [0, 0.05) is 6.04 Å². The summed E-state index contributed by atoms with van der Waals surface area (Å²) in [6.07, 6.45) is 9.91. The first-order chi connectivity index (χ1) is 6.95. The molecule has 0 radical (unpaired) electrons. The maximum atomic E-state index is 3.63. The molecule has 0 aromatic heterocycles. The van der Waals surface area contributed by atoms with Crippen molar-refractivity contribution in [3.05, 3.63) is 0 Å². The van der Waals surface area contributed by atoms with Crippen LogP contribution in [0.15, 0.2) is 0 Å². The Hall–Kier alpha value is -0.0800. The Labute approximate surface area is 88.1 Å². The Morgan fingerprint density at radius 3 is 2.43 bits per heavy atom. The Kier molecular flexibility index (Phi) is 4.26. The predicted molar refractivity (Wildman–Crippen MR) is 60.5 cm³/mol. The average Bonchev–Trinajstić information content (AvgIpc) is 2.60. The van der Waals surface area contributed by atoms with Gasteiger partial charge in [-0.05, 0) is 64.7 Å². The summed E-state index contributed by atoms with van der Waals surface area (Å²) < 4.78 is 0. The fraction of sp³-hybridized carbons (Fsp3) is 1.00. The van der Waals surface area contributed by atoms with Crippen LogP contribution in [0.5, 0.6) is 0 Å². The molecule has 1 N–H and O–H groups in total. The van der Waals surface area contributed by atoms with Crippen LogP contribution in [0.2, 0.25) is 0 Å². The molecule has 2 fully saturated rings. The van der Waals surface area contributed by atoms with Gasteiger partial charge in [-0.2, -0.15) is 0 Å². The van der Waals surface area contributed by atoms with Gasteiger partial charge in [-0.25, -0.2) is 0 Å². The number of likely N-dealkylation sites (tertiary alicyclic amines) is 1. The van der Waals surface area contributed by atoms with Crippen molar-refractivity contribution < 1.29 is 0 Å². The van der Waals surface area contributed by atoms with E-state index in [1.807, 2.05) is 0 Å². The molecule has 0 unspecified atom stereocenters. The summed E-state index contributed by atoms with van der Waals surface area (Å²) in [6.45, 7) is 5.30. The zero-order valence-electron chi connectivity index (χ0n) is 9.30. The minimum atomic E-state index is 0.877. The molecule has 2 nitrogen and oxygen atoms in total. The third-order valence-corrected chi connectivity index (χ3v) is 3.64. The number of rotatable bonds is 6. The summed E-state index contributed by atoms with van der Waals surface area (Å²) in [5.74, 6) is 0. The number of nitrogens with zero attached hydrogens (tertiary/aromatic N) is 1. The largest absolute Gasteiger partial charge is 0.314 e. The lowest BCUT2D eigenvalue weighted by atomic mass is 9.93. The Morgan fingerprint density at radius 1 is 1.00 bits per heavy atom. The van der Waals surface area contributed by atoms with Gasteiger partial charge in [-0.1, -0.05) is 6.42 Å². The van der Waals surface area contributed by atoms with Crippen molar-refractivity contribution in [1.82, 2.24) is 10.2 Å². The normalized spacial score (nSPS) is 24.0. The Balaban J connectivity index is 1.39. The highest BCUT2D eigenvalue weighted by atomic mass is 15.1. The molecule has 0 bridgehead atoms. The Morgan fingerprint density at radius 2 is 1.79 bits per heavy atom. The van der Waals surface area contributed by atoms with E-state index in [-0.39, 0.29) is 0 Å². The third-order valence-electron chi connectivity index (χ3n) is 3.64. The second-order valence-electron chi connectivity index (χ2n) is 4.84. The summed E-state index contributed by atoms with van der Waals surface area (Å²) in [5, 5.41) is 3.63. The van der Waals surface area contributed by atoms with Gasteiger partial charge >= 0.3 is 0 Å². The van der Waals surface area contributed by atoms with E-state index >= 15 is 0 Å². The van der Waals surface area contributed by atoms with Crippen molar-refractivity contribution in [2.24, 2.45) is 0 Å². The minimum absolute atomic E-state index is 0.877. The molecule has 1 aliphatic heterocycles. The van der Waals surface area contributed by atoms with E-state index < -0.39 is 0 Å². The molecular formula is C12H24N2. The van der Waals surface area contributed by atoms with E-state index in [2.05, 4.69) is 10.2 Å².